The smallest absolute Gasteiger partial charge is 0.315 e. The van der Waals surface area contributed by atoms with Crippen LogP contribution in [0, 0.1) is 0 Å². The molecule has 0 bridgehead atoms. The summed E-state index contributed by atoms with van der Waals surface area (Å²) in [5.74, 6) is 2.10. The lowest BCUT2D eigenvalue weighted by Crippen LogP contribution is -2.27. The van der Waals surface area contributed by atoms with Crippen LogP contribution in [-0.4, -0.2) is 36.8 Å². The summed E-state index contributed by atoms with van der Waals surface area (Å²) in [5.41, 5.74) is 4.31. The first-order valence-corrected chi connectivity index (χ1v) is 14.5. The van der Waals surface area contributed by atoms with Crippen LogP contribution in [0.25, 0.3) is 0 Å². The molecule has 7 heteroatoms. The quantitative estimate of drug-likeness (QED) is 0.113. The van der Waals surface area contributed by atoms with E-state index in [1.807, 2.05) is 72.8 Å². The Morgan fingerprint density at radius 2 is 1.18 bits per heavy atom. The summed E-state index contributed by atoms with van der Waals surface area (Å²) < 4.78 is 10.8. The summed E-state index contributed by atoms with van der Waals surface area (Å²) in [5, 5.41) is 0. The van der Waals surface area contributed by atoms with E-state index in [0.29, 0.717) is 48.2 Å². The van der Waals surface area contributed by atoms with Crippen LogP contribution in [0.3, 0.4) is 0 Å². The lowest BCUT2D eigenvalue weighted by atomic mass is 9.78. The molecule has 39 heavy (non-hydrogen) atoms. The van der Waals surface area contributed by atoms with E-state index in [2.05, 4.69) is 18.7 Å². The molecule has 5 nitrogen and oxygen atoms in total. The minimum absolute atomic E-state index is 0.186. The van der Waals surface area contributed by atoms with Crippen LogP contribution in [0.2, 0.25) is 0 Å². The molecule has 3 rings (SSSR count). The van der Waals surface area contributed by atoms with Gasteiger partial charge in [0.2, 0.25) is 0 Å². The summed E-state index contributed by atoms with van der Waals surface area (Å²) in [6.45, 7) is 7.20. The van der Waals surface area contributed by atoms with Crippen molar-refractivity contribution in [3.8, 4) is 11.5 Å². The maximum absolute atomic E-state index is 12.6. The summed E-state index contributed by atoms with van der Waals surface area (Å²) in [6.07, 6.45) is 2.12. The van der Waals surface area contributed by atoms with Gasteiger partial charge in [-0.15, -0.1) is 23.2 Å². The van der Waals surface area contributed by atoms with Crippen LogP contribution in [0.4, 0.5) is 5.69 Å². The highest BCUT2D eigenvalue weighted by atomic mass is 35.5. The van der Waals surface area contributed by atoms with Crippen LogP contribution in [0.15, 0.2) is 72.8 Å². The number of carbonyl (C=O) groups excluding carboxylic acids is 2. The maximum atomic E-state index is 12.6. The topological polar surface area (TPSA) is 55.8 Å². The number of carbonyl (C=O) groups is 2. The Hall–Kier alpha value is -3.02. The van der Waals surface area contributed by atoms with E-state index in [9.17, 15) is 9.59 Å². The molecule has 3 aromatic rings. The van der Waals surface area contributed by atoms with Crippen molar-refractivity contribution in [2.24, 2.45) is 0 Å². The maximum Gasteiger partial charge on any atom is 0.315 e. The highest BCUT2D eigenvalue weighted by molar-refractivity contribution is 6.18. The Morgan fingerprint density at radius 3 is 1.59 bits per heavy atom. The molecule has 2 atom stereocenters. The highest BCUT2D eigenvalue weighted by Crippen LogP contribution is 2.39. The Morgan fingerprint density at radius 1 is 0.718 bits per heavy atom. The van der Waals surface area contributed by atoms with E-state index < -0.39 is 0 Å². The fraction of sp³-hybridized carbons (Fsp3) is 0.375. The number of hydrogen-bond donors (Lipinski definition) is 0. The Bertz CT molecular complexity index is 1170. The van der Waals surface area contributed by atoms with Gasteiger partial charge in [-0.25, -0.2) is 0 Å². The van der Waals surface area contributed by atoms with Gasteiger partial charge in [0.25, 0.3) is 0 Å². The second-order valence-corrected chi connectivity index (χ2v) is 10.2. The molecule has 208 valence electrons. The fourth-order valence-corrected chi connectivity index (χ4v) is 5.38. The molecule has 0 N–H and O–H groups in total. The van der Waals surface area contributed by atoms with Crippen molar-refractivity contribution in [2.45, 2.75) is 51.9 Å². The average Bonchev–Trinajstić information content (AvgIpc) is 2.93. The predicted octanol–water partition coefficient (Wildman–Crippen LogP) is 7.73. The molecule has 0 amide bonds. The molecule has 0 aromatic heterocycles. The van der Waals surface area contributed by atoms with Gasteiger partial charge in [-0.05, 0) is 77.8 Å². The van der Waals surface area contributed by atoms with Gasteiger partial charge in [0.05, 0.1) is 6.42 Å². The summed E-state index contributed by atoms with van der Waals surface area (Å²) in [7, 11) is 0. The third-order valence-electron chi connectivity index (χ3n) is 6.83. The number of halogens is 2. The van der Waals surface area contributed by atoms with E-state index in [1.165, 1.54) is 18.1 Å². The van der Waals surface area contributed by atoms with Crippen LogP contribution >= 0.6 is 23.2 Å². The second-order valence-electron chi connectivity index (χ2n) is 9.44. The van der Waals surface area contributed by atoms with Gasteiger partial charge in [-0.1, -0.05) is 50.2 Å². The third kappa shape index (κ3) is 9.01. The van der Waals surface area contributed by atoms with E-state index in [0.717, 1.165) is 24.1 Å². The van der Waals surface area contributed by atoms with Crippen molar-refractivity contribution in [1.82, 2.24) is 0 Å². The van der Waals surface area contributed by atoms with Crippen LogP contribution in [0.1, 0.15) is 62.1 Å². The predicted molar refractivity (Wildman–Crippen MR) is 160 cm³/mol. The Balaban J connectivity index is 1.62. The zero-order valence-corrected chi connectivity index (χ0v) is 24.4. The number of ether oxygens (including phenoxy) is 2. The van der Waals surface area contributed by atoms with Crippen molar-refractivity contribution in [3.05, 3.63) is 89.5 Å². The SMILES string of the molecule is CCC(c1ccc(OC(C)=O)cc1)C(CC)c1ccc(OC(=O)Cc2ccc(N(CCCl)CCCl)cc2)cc1. The first kappa shape index (κ1) is 30.5. The first-order chi connectivity index (χ1) is 18.9. The molecular weight excluding hydrogens is 533 g/mol. The Kier molecular flexibility index (Phi) is 12.2. The number of nitrogens with zero attached hydrogens (tertiary/aromatic N) is 1. The van der Waals surface area contributed by atoms with E-state index in [-0.39, 0.29) is 18.4 Å². The minimum Gasteiger partial charge on any atom is -0.427 e. The van der Waals surface area contributed by atoms with Crippen LogP contribution < -0.4 is 14.4 Å². The zero-order chi connectivity index (χ0) is 28.2. The zero-order valence-electron chi connectivity index (χ0n) is 22.9. The van der Waals surface area contributed by atoms with Crippen molar-refractivity contribution >= 4 is 40.8 Å². The first-order valence-electron chi connectivity index (χ1n) is 13.4. The van der Waals surface area contributed by atoms with Crippen molar-refractivity contribution in [2.75, 3.05) is 29.7 Å². The molecule has 2 unspecified atom stereocenters. The number of rotatable bonds is 14. The molecule has 0 saturated heterocycles. The number of esters is 2. The molecule has 0 saturated carbocycles. The molecule has 0 aliphatic heterocycles. The minimum atomic E-state index is -0.326. The lowest BCUT2D eigenvalue weighted by Gasteiger charge is -2.26. The fourth-order valence-electron chi connectivity index (χ4n) is 4.97. The van der Waals surface area contributed by atoms with Gasteiger partial charge in [0.1, 0.15) is 11.5 Å². The molecular formula is C32H37Cl2NO4. The van der Waals surface area contributed by atoms with Crippen LogP contribution in [-0.2, 0) is 16.0 Å². The largest absolute Gasteiger partial charge is 0.427 e. The monoisotopic (exact) mass is 569 g/mol. The lowest BCUT2D eigenvalue weighted by molar-refractivity contribution is -0.134. The van der Waals surface area contributed by atoms with Crippen molar-refractivity contribution in [1.29, 1.82) is 0 Å². The van der Waals surface area contributed by atoms with Crippen molar-refractivity contribution in [3.63, 3.8) is 0 Å². The standard InChI is InChI=1S/C32H37Cl2NO4/c1-4-30(25-8-14-28(15-9-25)38-23(3)36)31(5-2)26-10-16-29(17-11-26)39-32(37)22-24-6-12-27(13-7-24)35(20-18-33)21-19-34/h6-17,30-31H,4-5,18-22H2,1-3H3. The second kappa shape index (κ2) is 15.5. The van der Waals surface area contributed by atoms with E-state index in [4.69, 9.17) is 32.7 Å². The van der Waals surface area contributed by atoms with Gasteiger partial charge in [-0.3, -0.25) is 9.59 Å². The van der Waals surface area contributed by atoms with Gasteiger partial charge in [-0.2, -0.15) is 0 Å². The summed E-state index contributed by atoms with van der Waals surface area (Å²) >= 11 is 11.8. The van der Waals surface area contributed by atoms with Crippen molar-refractivity contribution < 1.29 is 19.1 Å². The summed E-state index contributed by atoms with van der Waals surface area (Å²) in [4.78, 5) is 26.0. The number of alkyl halides is 2. The molecule has 0 aliphatic rings. The van der Waals surface area contributed by atoms with E-state index in [1.54, 1.807) is 0 Å². The molecule has 0 heterocycles. The van der Waals surface area contributed by atoms with Crippen LogP contribution in [0.5, 0.6) is 11.5 Å². The normalized spacial score (nSPS) is 12.4. The number of anilines is 1. The van der Waals surface area contributed by atoms with Gasteiger partial charge in [0, 0.05) is 37.5 Å². The van der Waals surface area contributed by atoms with Gasteiger partial charge >= 0.3 is 11.9 Å². The molecule has 3 aromatic carbocycles. The van der Waals surface area contributed by atoms with Gasteiger partial charge in [0.15, 0.2) is 0 Å². The molecule has 0 radical (unpaired) electrons. The Labute approximate surface area is 242 Å². The summed E-state index contributed by atoms with van der Waals surface area (Å²) in [6, 6.07) is 23.4. The third-order valence-corrected chi connectivity index (χ3v) is 7.17. The highest BCUT2D eigenvalue weighted by Gasteiger charge is 2.22. The molecule has 0 fully saturated rings. The van der Waals surface area contributed by atoms with E-state index >= 15 is 0 Å². The molecule has 0 spiro atoms. The number of hydrogen-bond acceptors (Lipinski definition) is 5. The molecule has 0 aliphatic carbocycles. The number of benzene rings is 3. The van der Waals surface area contributed by atoms with Gasteiger partial charge < -0.3 is 14.4 Å². The average molecular weight is 571 g/mol.